The van der Waals surface area contributed by atoms with Crippen LogP contribution < -0.4 is 22.3 Å². The van der Waals surface area contributed by atoms with Crippen LogP contribution in [0.15, 0.2) is 97.1 Å². The number of hydrogen-bond acceptors (Lipinski definition) is 10. The number of imide groups is 4. The van der Waals surface area contributed by atoms with Crippen LogP contribution in [-0.4, -0.2) is 201 Å². The van der Waals surface area contributed by atoms with E-state index in [1.807, 2.05) is 26.0 Å². The number of unbranched alkanes of at least 4 members (excludes halogenated alkanes) is 1. The molecule has 18 heteroatoms. The number of halogens is 2. The van der Waals surface area contributed by atoms with E-state index in [4.69, 9.17) is 0 Å². The van der Waals surface area contributed by atoms with Gasteiger partial charge in [-0.1, -0.05) is 77.8 Å². The molecule has 8 rings (SSSR count). The lowest BCUT2D eigenvalue weighted by Crippen LogP contribution is -3.00. The molecule has 4 aromatic carbocycles. The molecule has 0 atom stereocenters. The number of carbonyl (C=O) groups excluding carboxylic acids is 8. The third kappa shape index (κ3) is 16.4. The lowest BCUT2D eigenvalue weighted by molar-refractivity contribution is -0.890. The van der Waals surface area contributed by atoms with Crippen molar-refractivity contribution in [3.63, 3.8) is 0 Å². The molecule has 0 saturated carbocycles. The highest BCUT2D eigenvalue weighted by Gasteiger charge is 2.38. The molecule has 4 aliphatic rings. The number of fused-ring (bicyclic) bond motifs is 4. The summed E-state index contributed by atoms with van der Waals surface area (Å²) in [4.78, 5) is 105. The number of hydrogen-bond donors (Lipinski definition) is 1. The Morgan fingerprint density at radius 3 is 0.921 bits per heavy atom. The van der Waals surface area contributed by atoms with Crippen molar-refractivity contribution in [1.82, 2.24) is 29.8 Å². The van der Waals surface area contributed by atoms with Gasteiger partial charge in [-0.15, -0.1) is 0 Å². The first-order chi connectivity index (χ1) is 35.8. The molecule has 0 fully saturated rings. The summed E-state index contributed by atoms with van der Waals surface area (Å²) in [6.07, 6.45) is 6.91. The van der Waals surface area contributed by atoms with Crippen LogP contribution in [0.3, 0.4) is 0 Å². The summed E-state index contributed by atoms with van der Waals surface area (Å²) in [5, 5.41) is 3.98. The van der Waals surface area contributed by atoms with Crippen molar-refractivity contribution in [2.24, 2.45) is 0 Å². The molecule has 76 heavy (non-hydrogen) atoms. The molecule has 0 aromatic heterocycles. The highest BCUT2D eigenvalue weighted by atomic mass is 79.9. The van der Waals surface area contributed by atoms with Crippen molar-refractivity contribution in [3.8, 4) is 0 Å². The van der Waals surface area contributed by atoms with Gasteiger partial charge in [0.2, 0.25) is 0 Å². The van der Waals surface area contributed by atoms with Crippen molar-refractivity contribution in [2.75, 3.05) is 120 Å². The minimum absolute atomic E-state index is 0. The summed E-state index contributed by atoms with van der Waals surface area (Å²) in [7, 11) is 14.8. The minimum Gasteiger partial charge on any atom is -1.00 e. The smallest absolute Gasteiger partial charge is 0.261 e. The Bertz CT molecular complexity index is 2470. The summed E-state index contributed by atoms with van der Waals surface area (Å²) in [6.45, 7) is 10.2. The molecule has 0 bridgehead atoms. The van der Waals surface area contributed by atoms with Crippen molar-refractivity contribution >= 4 is 63.2 Å². The van der Waals surface area contributed by atoms with Crippen LogP contribution in [0.25, 0.3) is 0 Å². The zero-order valence-corrected chi connectivity index (χ0v) is 48.8. The van der Waals surface area contributed by atoms with Crippen molar-refractivity contribution < 1.29 is 64.3 Å². The maximum atomic E-state index is 12.5. The van der Waals surface area contributed by atoms with E-state index in [1.165, 1.54) is 56.4 Å². The van der Waals surface area contributed by atoms with Crippen molar-refractivity contribution in [1.29, 1.82) is 0 Å². The van der Waals surface area contributed by atoms with E-state index in [1.54, 1.807) is 97.1 Å². The number of benzene rings is 4. The van der Waals surface area contributed by atoms with Crippen LogP contribution in [0.5, 0.6) is 0 Å². The Kier molecular flexibility index (Phi) is 24.5. The molecule has 16 nitrogen and oxygen atoms in total. The highest BCUT2D eigenvalue weighted by Crippen LogP contribution is 2.26. The summed E-state index contributed by atoms with van der Waals surface area (Å²) < 4.78 is 1.85. The lowest BCUT2D eigenvalue weighted by Gasteiger charge is -2.31. The molecular weight excluding hydrogens is 1100 g/mol. The first-order valence-corrected chi connectivity index (χ1v) is 27.2. The monoisotopic (exact) mass is 1170 g/mol. The number of nitrogens with zero attached hydrogens (tertiary/aromatic N) is 7. The van der Waals surface area contributed by atoms with Crippen LogP contribution in [0.1, 0.15) is 135 Å². The van der Waals surface area contributed by atoms with Gasteiger partial charge in [0, 0.05) is 57.3 Å². The standard InChI is InChI=1S/C24H26N3O4.C13H16N2O2.C11H10BrNO2.C10H25N2.BrH/c1-27(2,15-7-13-25-21(28)17-9-3-4-10-18(17)22(25)29)16-8-14-26-23(30)19-11-5-6-12-20(19)24(26)31;1-14(2)8-5-9-15-12(16)10-6-3-4-7-11(10)13(15)17;12-6-3-7-13-10(14)8-4-1-2-5-9(8)11(13)15;1-5-6-9-12(3,4)10-7-8-11-2;/h3-6,9-12H,7-8,13-16H2,1-2H3;3-4,6-7H,5,8-9H2,1-2H3;1-2,4-5H,3,6-7H2;11H,5-10H2,1-4H3;1H/q+1;;;+1;/p-1. The molecule has 0 aliphatic carbocycles. The van der Waals surface area contributed by atoms with E-state index in [-0.39, 0.29) is 64.2 Å². The van der Waals surface area contributed by atoms with Crippen molar-refractivity contribution in [2.45, 2.75) is 51.9 Å². The number of rotatable bonds is 22. The zero-order chi connectivity index (χ0) is 54.9. The fraction of sp³-hybridized carbons (Fsp3) is 0.448. The second-order valence-corrected chi connectivity index (χ2v) is 21.5. The summed E-state index contributed by atoms with van der Waals surface area (Å²) in [5.74, 6) is -1.57. The van der Waals surface area contributed by atoms with Gasteiger partial charge in [0.15, 0.2) is 0 Å². The average Bonchev–Trinajstić information content (AvgIpc) is 3.99. The van der Waals surface area contributed by atoms with E-state index < -0.39 is 0 Å². The maximum Gasteiger partial charge on any atom is 0.261 e. The summed E-state index contributed by atoms with van der Waals surface area (Å²) >= 11 is 3.28. The predicted molar refractivity (Wildman–Crippen MR) is 295 cm³/mol. The Balaban J connectivity index is 0.000000236. The van der Waals surface area contributed by atoms with Crippen LogP contribution in [-0.2, 0) is 0 Å². The largest absolute Gasteiger partial charge is 1.00 e. The van der Waals surface area contributed by atoms with E-state index in [9.17, 15) is 38.4 Å². The van der Waals surface area contributed by atoms with Crippen LogP contribution in [0, 0.1) is 0 Å². The van der Waals surface area contributed by atoms with Gasteiger partial charge in [-0.2, -0.15) is 0 Å². The quantitative estimate of drug-likeness (QED) is 0.0522. The number of carbonyl (C=O) groups is 8. The van der Waals surface area contributed by atoms with Gasteiger partial charge in [-0.3, -0.25) is 58.0 Å². The molecule has 0 saturated heterocycles. The van der Waals surface area contributed by atoms with E-state index in [0.29, 0.717) is 88.0 Å². The van der Waals surface area contributed by atoms with Crippen LogP contribution >= 0.6 is 15.9 Å². The maximum absolute atomic E-state index is 12.5. The summed E-state index contributed by atoms with van der Waals surface area (Å²) in [6, 6.07) is 27.8. The van der Waals surface area contributed by atoms with Crippen LogP contribution in [0.2, 0.25) is 0 Å². The second-order valence-electron chi connectivity index (χ2n) is 20.7. The van der Waals surface area contributed by atoms with Gasteiger partial charge >= 0.3 is 0 Å². The first-order valence-electron chi connectivity index (χ1n) is 26.1. The minimum atomic E-state index is -0.225. The van der Waals surface area contributed by atoms with Crippen molar-refractivity contribution in [3.05, 3.63) is 142 Å². The number of amides is 8. The normalized spacial score (nSPS) is 14.4. The van der Waals surface area contributed by atoms with Crippen LogP contribution in [0.4, 0.5) is 0 Å². The fourth-order valence-corrected chi connectivity index (χ4v) is 9.59. The first kappa shape index (κ1) is 62.8. The Labute approximate surface area is 468 Å². The SMILES string of the molecule is CCCC[N+](C)(C)CCCNC.CN(C)CCCN1C(=O)c2ccccc2C1=O.C[N+](C)(CCCN1C(=O)c2ccccc2C1=O)CCCN1C(=O)c2ccccc2C1=O.O=C1c2ccccc2C(=O)N1CCCBr.[Br-]. The molecule has 8 amide bonds. The van der Waals surface area contributed by atoms with Gasteiger partial charge < -0.3 is 36.2 Å². The predicted octanol–water partition coefficient (Wildman–Crippen LogP) is 4.21. The molecule has 4 aromatic rings. The molecule has 0 spiro atoms. The fourth-order valence-electron chi connectivity index (χ4n) is 9.34. The number of alkyl halides is 1. The number of nitrogens with one attached hydrogen (secondary N) is 1. The van der Waals surface area contributed by atoms with Gasteiger partial charge in [0.05, 0.1) is 98.9 Å². The van der Waals surface area contributed by atoms with E-state index in [2.05, 4.69) is 56.4 Å². The third-order valence-corrected chi connectivity index (χ3v) is 14.2. The highest BCUT2D eigenvalue weighted by molar-refractivity contribution is 9.09. The third-order valence-electron chi connectivity index (χ3n) is 13.6. The molecule has 1 N–H and O–H groups in total. The van der Waals surface area contributed by atoms with Gasteiger partial charge in [-0.05, 0) is 95.5 Å². The molecule has 4 aliphatic heterocycles. The molecule has 0 radical (unpaired) electrons. The molecule has 410 valence electrons. The van der Waals surface area contributed by atoms with E-state index >= 15 is 0 Å². The second kappa shape index (κ2) is 29.7. The Morgan fingerprint density at radius 2 is 0.671 bits per heavy atom. The zero-order valence-electron chi connectivity index (χ0n) is 45.6. The Hall–Kier alpha value is -5.76. The average molecular weight is 1170 g/mol. The molecular formula is C58H77Br2N8O8+. The van der Waals surface area contributed by atoms with Gasteiger partial charge in [-0.25, -0.2) is 0 Å². The Morgan fingerprint density at radius 1 is 0.421 bits per heavy atom. The molecule has 0 unspecified atom stereocenters. The summed E-state index contributed by atoms with van der Waals surface area (Å²) in [5.41, 5.74) is 4.01. The molecule has 4 heterocycles. The topological polar surface area (TPSA) is 165 Å². The van der Waals surface area contributed by atoms with E-state index in [0.717, 1.165) is 44.4 Å². The van der Waals surface area contributed by atoms with Gasteiger partial charge in [0.1, 0.15) is 0 Å². The lowest BCUT2D eigenvalue weighted by atomic mass is 10.1. The number of quaternary nitrogens is 2. The van der Waals surface area contributed by atoms with Gasteiger partial charge in [0.25, 0.3) is 47.3 Å².